The minimum Gasteiger partial charge on any atom is -0.506 e. The highest BCUT2D eigenvalue weighted by Gasteiger charge is 2.13. The molecule has 1 aromatic carbocycles. The van der Waals surface area contributed by atoms with E-state index in [4.69, 9.17) is 5.11 Å². The minimum atomic E-state index is -1.20. The summed E-state index contributed by atoms with van der Waals surface area (Å²) >= 11 is 0. The van der Waals surface area contributed by atoms with Crippen molar-refractivity contribution in [1.82, 2.24) is 4.98 Å². The molecule has 0 saturated heterocycles. The summed E-state index contributed by atoms with van der Waals surface area (Å²) in [6, 6.07) is 4.68. The zero-order chi connectivity index (χ0) is 14.7. The molecule has 0 unspecified atom stereocenters. The molecular formula is C13H10N2O5. The number of aromatic carboxylic acids is 1. The van der Waals surface area contributed by atoms with Gasteiger partial charge in [-0.3, -0.25) is 9.59 Å². The topological polar surface area (TPSA) is 119 Å². The van der Waals surface area contributed by atoms with Gasteiger partial charge in [0.2, 0.25) is 0 Å². The fraction of sp³-hybridized carbons (Fsp3) is 0. The van der Waals surface area contributed by atoms with Crippen molar-refractivity contribution in [2.45, 2.75) is 0 Å². The number of carbonyl (C=O) groups excluding carboxylic acids is 1. The van der Waals surface area contributed by atoms with Crippen molar-refractivity contribution in [2.75, 3.05) is 5.32 Å². The summed E-state index contributed by atoms with van der Waals surface area (Å²) in [7, 11) is 0. The van der Waals surface area contributed by atoms with Crippen molar-refractivity contribution in [3.63, 3.8) is 0 Å². The van der Waals surface area contributed by atoms with E-state index in [1.807, 2.05) is 0 Å². The van der Waals surface area contributed by atoms with Crippen LogP contribution >= 0.6 is 0 Å². The highest BCUT2D eigenvalue weighted by Crippen LogP contribution is 2.24. The number of hydrogen-bond acceptors (Lipinski definition) is 4. The van der Waals surface area contributed by atoms with Crippen LogP contribution in [0.5, 0.6) is 5.75 Å². The second kappa shape index (κ2) is 5.27. The van der Waals surface area contributed by atoms with Crippen LogP contribution in [0.15, 0.2) is 41.5 Å². The summed E-state index contributed by atoms with van der Waals surface area (Å²) in [5.74, 6) is -2.30. The normalized spacial score (nSPS) is 10.0. The van der Waals surface area contributed by atoms with Crippen LogP contribution in [0.2, 0.25) is 0 Å². The molecule has 7 nitrogen and oxygen atoms in total. The molecule has 0 fully saturated rings. The summed E-state index contributed by atoms with van der Waals surface area (Å²) in [6.07, 6.45) is 2.62. The van der Waals surface area contributed by atoms with E-state index in [0.717, 1.165) is 6.07 Å². The van der Waals surface area contributed by atoms with Crippen molar-refractivity contribution in [3.8, 4) is 5.75 Å². The lowest BCUT2D eigenvalue weighted by Crippen LogP contribution is -2.20. The van der Waals surface area contributed by atoms with Crippen LogP contribution in [-0.4, -0.2) is 27.1 Å². The average Bonchev–Trinajstić information content (AvgIpc) is 2.41. The molecule has 7 heteroatoms. The monoisotopic (exact) mass is 274 g/mol. The molecule has 0 radical (unpaired) electrons. The standard InChI is InChI=1S/C13H10N2O5/c16-10-3-4-14-6-8(10)12(18)15-9-2-1-7(13(19)20)5-11(9)17/h1-6,17H,(H,14,16)(H,15,18)(H,19,20). The number of H-pyrrole nitrogens is 1. The number of phenols is 1. The molecule has 1 heterocycles. The third-order valence-corrected chi connectivity index (χ3v) is 2.56. The van der Waals surface area contributed by atoms with Gasteiger partial charge in [0.1, 0.15) is 11.3 Å². The van der Waals surface area contributed by atoms with Gasteiger partial charge >= 0.3 is 5.97 Å². The van der Waals surface area contributed by atoms with Gasteiger partial charge in [-0.15, -0.1) is 0 Å². The summed E-state index contributed by atoms with van der Waals surface area (Å²) in [6.45, 7) is 0. The number of benzene rings is 1. The Morgan fingerprint density at radius 3 is 2.55 bits per heavy atom. The maximum Gasteiger partial charge on any atom is 0.335 e. The summed E-state index contributed by atoms with van der Waals surface area (Å²) < 4.78 is 0. The highest BCUT2D eigenvalue weighted by molar-refractivity contribution is 6.05. The van der Waals surface area contributed by atoms with Gasteiger partial charge in [0.05, 0.1) is 11.3 Å². The van der Waals surface area contributed by atoms with Crippen LogP contribution in [0.3, 0.4) is 0 Å². The first kappa shape index (κ1) is 13.3. The molecule has 2 aromatic rings. The second-order valence-corrected chi connectivity index (χ2v) is 3.91. The van der Waals surface area contributed by atoms with Crippen LogP contribution in [0.25, 0.3) is 0 Å². The summed E-state index contributed by atoms with van der Waals surface area (Å²) in [5, 5.41) is 20.7. The number of carbonyl (C=O) groups is 2. The number of aromatic nitrogens is 1. The smallest absolute Gasteiger partial charge is 0.335 e. The summed E-state index contributed by atoms with van der Waals surface area (Å²) in [5.41, 5.74) is -0.682. The van der Waals surface area contributed by atoms with E-state index in [9.17, 15) is 19.5 Å². The third kappa shape index (κ3) is 2.66. The average molecular weight is 274 g/mol. The zero-order valence-corrected chi connectivity index (χ0v) is 10.1. The maximum absolute atomic E-state index is 11.8. The lowest BCUT2D eigenvalue weighted by atomic mass is 10.2. The molecule has 0 aliphatic heterocycles. The third-order valence-electron chi connectivity index (χ3n) is 2.56. The van der Waals surface area contributed by atoms with Gasteiger partial charge in [-0.25, -0.2) is 4.79 Å². The number of carboxylic acid groups (broad SMARTS) is 1. The van der Waals surface area contributed by atoms with E-state index in [2.05, 4.69) is 10.3 Å². The highest BCUT2D eigenvalue weighted by atomic mass is 16.4. The molecule has 0 aliphatic rings. The number of carboxylic acids is 1. The molecule has 0 spiro atoms. The molecule has 1 amide bonds. The van der Waals surface area contributed by atoms with Gasteiger partial charge in [0, 0.05) is 18.5 Å². The van der Waals surface area contributed by atoms with Crippen molar-refractivity contribution in [2.24, 2.45) is 0 Å². The van der Waals surface area contributed by atoms with Gasteiger partial charge in [0.15, 0.2) is 5.43 Å². The van der Waals surface area contributed by atoms with Gasteiger partial charge in [-0.1, -0.05) is 0 Å². The predicted octanol–water partition coefficient (Wildman–Crippen LogP) is 1.03. The van der Waals surface area contributed by atoms with Crippen LogP contribution in [-0.2, 0) is 0 Å². The fourth-order valence-corrected chi connectivity index (χ4v) is 1.55. The summed E-state index contributed by atoms with van der Waals surface area (Å²) in [4.78, 5) is 36.6. The first-order chi connectivity index (χ1) is 9.49. The molecule has 0 atom stereocenters. The van der Waals surface area contributed by atoms with Crippen molar-refractivity contribution in [1.29, 1.82) is 0 Å². The number of hydrogen-bond donors (Lipinski definition) is 4. The molecule has 1 aromatic heterocycles. The van der Waals surface area contributed by atoms with Crippen LogP contribution in [0.4, 0.5) is 5.69 Å². The SMILES string of the molecule is O=C(O)c1ccc(NC(=O)c2c[nH]ccc2=O)c(O)c1. The lowest BCUT2D eigenvalue weighted by Gasteiger charge is -2.07. The number of aromatic amines is 1. The second-order valence-electron chi connectivity index (χ2n) is 3.91. The molecule has 2 rings (SSSR count). The predicted molar refractivity (Wildman–Crippen MR) is 70.1 cm³/mol. The minimum absolute atomic E-state index is 0.0169. The largest absolute Gasteiger partial charge is 0.506 e. The fourth-order valence-electron chi connectivity index (χ4n) is 1.55. The van der Waals surface area contributed by atoms with Crippen molar-refractivity contribution >= 4 is 17.6 Å². The number of phenolic OH excluding ortho intramolecular Hbond substituents is 1. The van der Waals surface area contributed by atoms with Crippen LogP contribution in [0.1, 0.15) is 20.7 Å². The van der Waals surface area contributed by atoms with Gasteiger partial charge in [-0.05, 0) is 18.2 Å². The van der Waals surface area contributed by atoms with E-state index in [0.29, 0.717) is 0 Å². The van der Waals surface area contributed by atoms with E-state index in [-0.39, 0.29) is 16.8 Å². The van der Waals surface area contributed by atoms with Crippen molar-refractivity contribution < 1.29 is 19.8 Å². The first-order valence-corrected chi connectivity index (χ1v) is 5.54. The van der Waals surface area contributed by atoms with E-state index in [1.54, 1.807) is 0 Å². The van der Waals surface area contributed by atoms with E-state index < -0.39 is 23.1 Å². The van der Waals surface area contributed by atoms with Gasteiger partial charge in [0.25, 0.3) is 5.91 Å². The van der Waals surface area contributed by atoms with Crippen LogP contribution < -0.4 is 10.7 Å². The van der Waals surface area contributed by atoms with E-state index in [1.165, 1.54) is 30.6 Å². The Hall–Kier alpha value is -3.09. The van der Waals surface area contributed by atoms with Gasteiger partial charge in [-0.2, -0.15) is 0 Å². The molecule has 102 valence electrons. The molecule has 0 aliphatic carbocycles. The number of nitrogens with one attached hydrogen (secondary N) is 2. The molecule has 4 N–H and O–H groups in total. The Balaban J connectivity index is 2.27. The molecule has 20 heavy (non-hydrogen) atoms. The maximum atomic E-state index is 11.8. The quantitative estimate of drug-likeness (QED) is 0.623. The first-order valence-electron chi connectivity index (χ1n) is 5.54. The Kier molecular flexibility index (Phi) is 3.52. The Labute approximate surface area is 112 Å². The molecule has 0 saturated carbocycles. The number of anilines is 1. The number of pyridine rings is 1. The van der Waals surface area contributed by atoms with Gasteiger partial charge < -0.3 is 20.5 Å². The Morgan fingerprint density at radius 2 is 1.95 bits per heavy atom. The number of amides is 1. The number of aromatic hydroxyl groups is 1. The van der Waals surface area contributed by atoms with Crippen LogP contribution in [0, 0.1) is 0 Å². The molecule has 0 bridgehead atoms. The van der Waals surface area contributed by atoms with Crippen molar-refractivity contribution in [3.05, 3.63) is 58.0 Å². The lowest BCUT2D eigenvalue weighted by molar-refractivity contribution is 0.0696. The Bertz CT molecular complexity index is 736. The Morgan fingerprint density at radius 1 is 1.20 bits per heavy atom. The molecular weight excluding hydrogens is 264 g/mol. The number of rotatable bonds is 3. The zero-order valence-electron chi connectivity index (χ0n) is 10.1. The van der Waals surface area contributed by atoms with E-state index >= 15 is 0 Å².